The summed E-state index contributed by atoms with van der Waals surface area (Å²) in [6, 6.07) is 3.30. The lowest BCUT2D eigenvalue weighted by Crippen LogP contribution is -2.52. The molecule has 0 spiro atoms. The lowest BCUT2D eigenvalue weighted by Gasteiger charge is -2.33. The number of carbonyl (C=O) groups excluding carboxylic acids is 1. The number of hydrogen-bond donors (Lipinski definition) is 2. The molecule has 2 N–H and O–H groups in total. The number of hydrogen-bond acceptors (Lipinski definition) is 5. The fourth-order valence-corrected chi connectivity index (χ4v) is 2.48. The molecule has 8 heteroatoms. The van der Waals surface area contributed by atoms with Crippen LogP contribution >= 0.6 is 0 Å². The first-order valence-corrected chi connectivity index (χ1v) is 8.31. The van der Waals surface area contributed by atoms with E-state index in [0.29, 0.717) is 12.3 Å². The maximum absolute atomic E-state index is 12.3. The minimum atomic E-state index is -3.28. The third-order valence-corrected chi connectivity index (χ3v) is 3.81. The maximum Gasteiger partial charge on any atom is 0.289 e. The van der Waals surface area contributed by atoms with Gasteiger partial charge in [0.05, 0.1) is 12.8 Å². The van der Waals surface area contributed by atoms with Crippen LogP contribution in [0, 0.1) is 0 Å². The zero-order chi connectivity index (χ0) is 14.8. The molecule has 2 rings (SSSR count). The molecule has 1 atom stereocenters. The van der Waals surface area contributed by atoms with Crippen LogP contribution in [0.3, 0.4) is 0 Å². The quantitative estimate of drug-likeness (QED) is 0.801. The van der Waals surface area contributed by atoms with Crippen molar-refractivity contribution in [2.24, 2.45) is 0 Å². The zero-order valence-corrected chi connectivity index (χ0v) is 12.4. The Morgan fingerprint density at radius 2 is 2.30 bits per heavy atom. The topological polar surface area (TPSA) is 91.7 Å². The van der Waals surface area contributed by atoms with Gasteiger partial charge in [0.25, 0.3) is 5.91 Å². The van der Waals surface area contributed by atoms with Crippen LogP contribution in [-0.2, 0) is 16.6 Å². The molecular formula is C12H19N3O4S. The lowest BCUT2D eigenvalue weighted by atomic mass is 10.2. The van der Waals surface area contributed by atoms with E-state index in [1.807, 2.05) is 6.92 Å². The van der Waals surface area contributed by atoms with Gasteiger partial charge in [-0.05, 0) is 19.1 Å². The molecule has 1 aliphatic rings. The Kier molecular flexibility index (Phi) is 4.46. The number of sulfonamides is 1. The van der Waals surface area contributed by atoms with Crippen LogP contribution in [0.4, 0.5) is 0 Å². The van der Waals surface area contributed by atoms with Crippen molar-refractivity contribution in [1.29, 1.82) is 0 Å². The van der Waals surface area contributed by atoms with Crippen LogP contribution in [0.1, 0.15) is 23.2 Å². The number of piperazine rings is 1. The average molecular weight is 301 g/mol. The van der Waals surface area contributed by atoms with Crippen LogP contribution in [0.2, 0.25) is 0 Å². The molecule has 0 bridgehead atoms. The van der Waals surface area contributed by atoms with Gasteiger partial charge in [0.15, 0.2) is 5.76 Å². The molecule has 0 saturated carbocycles. The zero-order valence-electron chi connectivity index (χ0n) is 11.5. The first-order valence-electron chi connectivity index (χ1n) is 6.42. The summed E-state index contributed by atoms with van der Waals surface area (Å²) in [4.78, 5) is 14.0. The molecule has 0 unspecified atom stereocenters. The summed E-state index contributed by atoms with van der Waals surface area (Å²) in [6.45, 7) is 4.17. The fourth-order valence-electron chi connectivity index (χ4n) is 2.07. The highest BCUT2D eigenvalue weighted by Gasteiger charge is 2.26. The van der Waals surface area contributed by atoms with E-state index in [4.69, 9.17) is 4.42 Å². The van der Waals surface area contributed by atoms with Crippen molar-refractivity contribution < 1.29 is 17.6 Å². The Morgan fingerprint density at radius 1 is 1.55 bits per heavy atom. The summed E-state index contributed by atoms with van der Waals surface area (Å²) in [5, 5.41) is 3.21. The highest BCUT2D eigenvalue weighted by Crippen LogP contribution is 2.14. The van der Waals surface area contributed by atoms with Gasteiger partial charge in [0.2, 0.25) is 10.0 Å². The van der Waals surface area contributed by atoms with Gasteiger partial charge in [-0.15, -0.1) is 0 Å². The van der Waals surface area contributed by atoms with Crippen LogP contribution in [0.15, 0.2) is 16.5 Å². The smallest absolute Gasteiger partial charge is 0.289 e. The lowest BCUT2D eigenvalue weighted by molar-refractivity contribution is 0.0621. The van der Waals surface area contributed by atoms with Gasteiger partial charge in [-0.25, -0.2) is 13.1 Å². The predicted molar refractivity (Wildman–Crippen MR) is 73.8 cm³/mol. The predicted octanol–water partition coefficient (Wildman–Crippen LogP) is -0.237. The van der Waals surface area contributed by atoms with E-state index in [0.717, 1.165) is 19.3 Å². The van der Waals surface area contributed by atoms with Gasteiger partial charge in [-0.2, -0.15) is 0 Å². The minimum absolute atomic E-state index is 0.0449. The second kappa shape index (κ2) is 5.94. The Hall–Kier alpha value is -1.38. The summed E-state index contributed by atoms with van der Waals surface area (Å²) >= 11 is 0. The number of furan rings is 1. The van der Waals surface area contributed by atoms with E-state index in [-0.39, 0.29) is 24.3 Å². The molecule has 112 valence electrons. The average Bonchev–Trinajstić information content (AvgIpc) is 2.84. The van der Waals surface area contributed by atoms with E-state index in [9.17, 15) is 13.2 Å². The SMILES string of the molecule is C[C@@H]1CNCCN1C(=O)c1ccc(CNS(C)(=O)=O)o1. The molecule has 2 heterocycles. The minimum Gasteiger partial charge on any atom is -0.455 e. The Bertz CT molecular complexity index is 581. The van der Waals surface area contributed by atoms with E-state index >= 15 is 0 Å². The molecule has 1 fully saturated rings. The molecule has 0 aliphatic carbocycles. The monoisotopic (exact) mass is 301 g/mol. The third kappa shape index (κ3) is 3.81. The number of rotatable bonds is 4. The molecule has 1 aromatic heterocycles. The standard InChI is InChI=1S/C12H19N3O4S/c1-9-7-13-5-6-15(9)12(16)11-4-3-10(19-11)8-14-20(2,17)18/h3-4,9,13-14H,5-8H2,1-2H3/t9-/m1/s1. The Morgan fingerprint density at radius 3 is 2.95 bits per heavy atom. The van der Waals surface area contributed by atoms with Gasteiger partial charge in [0, 0.05) is 25.7 Å². The number of carbonyl (C=O) groups is 1. The summed E-state index contributed by atoms with van der Waals surface area (Å²) in [5.41, 5.74) is 0. The van der Waals surface area contributed by atoms with Crippen LogP contribution in [0.5, 0.6) is 0 Å². The van der Waals surface area contributed by atoms with Crippen molar-refractivity contribution >= 4 is 15.9 Å². The molecule has 1 amide bonds. The molecule has 1 aliphatic heterocycles. The maximum atomic E-state index is 12.3. The first kappa shape index (κ1) is 15.0. The summed E-state index contributed by atoms with van der Waals surface area (Å²) in [5.74, 6) is 0.496. The van der Waals surface area contributed by atoms with Crippen LogP contribution in [0.25, 0.3) is 0 Å². The molecule has 7 nitrogen and oxygen atoms in total. The van der Waals surface area contributed by atoms with Gasteiger partial charge < -0.3 is 14.6 Å². The van der Waals surface area contributed by atoms with Crippen molar-refractivity contribution in [2.75, 3.05) is 25.9 Å². The fraction of sp³-hybridized carbons (Fsp3) is 0.583. The van der Waals surface area contributed by atoms with Crippen molar-refractivity contribution in [2.45, 2.75) is 19.5 Å². The second-order valence-corrected chi connectivity index (χ2v) is 6.74. The van der Waals surface area contributed by atoms with E-state index < -0.39 is 10.0 Å². The highest BCUT2D eigenvalue weighted by atomic mass is 32.2. The van der Waals surface area contributed by atoms with Gasteiger partial charge >= 0.3 is 0 Å². The van der Waals surface area contributed by atoms with Crippen molar-refractivity contribution in [3.05, 3.63) is 23.7 Å². The van der Waals surface area contributed by atoms with Crippen molar-refractivity contribution in [3.63, 3.8) is 0 Å². The molecule has 1 saturated heterocycles. The first-order chi connectivity index (χ1) is 9.37. The molecule has 1 aromatic rings. The number of nitrogens with one attached hydrogen (secondary N) is 2. The van der Waals surface area contributed by atoms with Crippen molar-refractivity contribution in [1.82, 2.24) is 14.9 Å². The van der Waals surface area contributed by atoms with E-state index in [2.05, 4.69) is 10.0 Å². The van der Waals surface area contributed by atoms with E-state index in [1.165, 1.54) is 0 Å². The van der Waals surface area contributed by atoms with Crippen LogP contribution < -0.4 is 10.0 Å². The third-order valence-electron chi connectivity index (χ3n) is 3.14. The highest BCUT2D eigenvalue weighted by molar-refractivity contribution is 7.88. The summed E-state index contributed by atoms with van der Waals surface area (Å²) < 4.78 is 29.7. The normalized spacial score (nSPS) is 20.1. The van der Waals surface area contributed by atoms with Crippen LogP contribution in [-0.4, -0.2) is 51.2 Å². The van der Waals surface area contributed by atoms with Gasteiger partial charge in [0.1, 0.15) is 5.76 Å². The van der Waals surface area contributed by atoms with Gasteiger partial charge in [-0.1, -0.05) is 0 Å². The second-order valence-electron chi connectivity index (χ2n) is 4.91. The number of nitrogens with zero attached hydrogens (tertiary/aromatic N) is 1. The molecule has 0 aromatic carbocycles. The van der Waals surface area contributed by atoms with Gasteiger partial charge in [-0.3, -0.25) is 4.79 Å². The summed E-state index contributed by atoms with van der Waals surface area (Å²) in [7, 11) is -3.28. The summed E-state index contributed by atoms with van der Waals surface area (Å²) in [6.07, 6.45) is 1.07. The number of amides is 1. The van der Waals surface area contributed by atoms with E-state index in [1.54, 1.807) is 17.0 Å². The van der Waals surface area contributed by atoms with Crippen molar-refractivity contribution in [3.8, 4) is 0 Å². The molecule has 20 heavy (non-hydrogen) atoms. The largest absolute Gasteiger partial charge is 0.455 e. The Labute approximate surface area is 118 Å². The molecular weight excluding hydrogens is 282 g/mol. The molecule has 0 radical (unpaired) electrons. The Balaban J connectivity index is 2.02.